The van der Waals surface area contributed by atoms with Crippen LogP contribution in [-0.4, -0.2) is 225 Å². The summed E-state index contributed by atoms with van der Waals surface area (Å²) < 4.78 is 24.6. The number of esters is 2. The predicted molar refractivity (Wildman–Crippen MR) is 338 cm³/mol. The van der Waals surface area contributed by atoms with E-state index in [2.05, 4.69) is 26.3 Å². The van der Waals surface area contributed by atoms with E-state index in [4.69, 9.17) is 29.0 Å². The van der Waals surface area contributed by atoms with Crippen LogP contribution in [0.3, 0.4) is 0 Å². The number of hydrogen-bond acceptors (Lipinski definition) is 20. The van der Waals surface area contributed by atoms with E-state index in [9.17, 15) is 47.9 Å². The van der Waals surface area contributed by atoms with E-state index in [-0.39, 0.29) is 70.9 Å². The minimum absolute atomic E-state index is 0.0177. The number of carbonyl (C=O) groups is 12. The summed E-state index contributed by atoms with van der Waals surface area (Å²) >= 11 is 0. The highest BCUT2D eigenvalue weighted by atomic mass is 16.6. The van der Waals surface area contributed by atoms with Crippen molar-refractivity contribution in [2.45, 2.75) is 176 Å². The van der Waals surface area contributed by atoms with E-state index in [0.717, 1.165) is 9.80 Å². The zero-order chi connectivity index (χ0) is 69.7. The molecule has 6 heterocycles. The number of rotatable bonds is 8. The van der Waals surface area contributed by atoms with Crippen LogP contribution in [0.4, 0.5) is 5.69 Å². The number of carbonyl (C=O) groups excluding carboxylic acids is 12. The summed E-state index contributed by atoms with van der Waals surface area (Å²) in [6.07, 6.45) is -1.80. The van der Waals surface area contributed by atoms with Crippen molar-refractivity contribution in [3.8, 4) is 11.5 Å². The minimum atomic E-state index is -1.92. The molecule has 0 saturated carbocycles. The molecule has 10 amide bonds. The van der Waals surface area contributed by atoms with E-state index in [1.165, 1.54) is 75.5 Å². The lowest BCUT2D eigenvalue weighted by Gasteiger charge is -2.36. The van der Waals surface area contributed by atoms with Crippen molar-refractivity contribution < 1.29 is 75.8 Å². The Balaban J connectivity index is 1.26. The Morgan fingerprint density at radius 3 is 1.37 bits per heavy atom. The van der Waals surface area contributed by atoms with Crippen LogP contribution < -0.4 is 32.4 Å². The highest BCUT2D eigenvalue weighted by Gasteiger charge is 2.47. The zero-order valence-electron chi connectivity index (χ0n) is 56.3. The van der Waals surface area contributed by atoms with Gasteiger partial charge in [0, 0.05) is 59.3 Å². The quantitative estimate of drug-likeness (QED) is 0.0939. The van der Waals surface area contributed by atoms with Gasteiger partial charge in [0.2, 0.25) is 52.7 Å². The third kappa shape index (κ3) is 13.5. The van der Waals surface area contributed by atoms with E-state index in [1.807, 2.05) is 0 Å². The van der Waals surface area contributed by atoms with E-state index < -0.39 is 196 Å². The molecule has 6 aliphatic rings. The third-order valence-corrected chi connectivity index (χ3v) is 18.3. The average molecular weight is 1310 g/mol. The van der Waals surface area contributed by atoms with Crippen molar-refractivity contribution in [1.29, 1.82) is 0 Å². The van der Waals surface area contributed by atoms with Crippen LogP contribution in [0.25, 0.3) is 33.7 Å². The van der Waals surface area contributed by atoms with Crippen molar-refractivity contribution in [3.63, 3.8) is 0 Å². The standard InChI is InChI=1S/C64H87N13O17/c1-26(2)42-61(87)76-22-18-20-35(76)59(85)72(14)24-37(78)74(16)49(28(5)6)63(89)91-32(11)44(57(83)68-42)70-55(81)39-41(65)51(80)30(9)52-46(39)67-48-40(47-53(93-34(13)66-47)31(10)54(48)94-52)56(82)71-45-33(12)92-64(90)50(29(7)8)75(17)38(79)25-73(15)60(86)36-21-19-23-77(36)62(88)43(27(3)4)69-58(45)84/h26-29,32-33,35-36,42-45,49-50H,18-25,65H2,1-17H3,(H,68,83)(H,69,84)(H,70,81)(H,71,82)/t32-,33-,35+,36+,42-,43-,44+,45+,49+,50+/m1/s1. The summed E-state index contributed by atoms with van der Waals surface area (Å²) in [5.41, 5.74) is 2.68. The number of amides is 10. The van der Waals surface area contributed by atoms with Crippen LogP contribution in [-0.2, 0) is 57.4 Å². The number of fused-ring (bicyclic) bond motifs is 5. The van der Waals surface area contributed by atoms with Gasteiger partial charge < -0.3 is 74.7 Å². The average Bonchev–Trinajstić information content (AvgIpc) is 1.21. The zero-order valence-corrected chi connectivity index (χ0v) is 56.3. The number of oxazole rings is 1. The number of nitrogens with one attached hydrogen (secondary N) is 4. The Morgan fingerprint density at radius 1 is 0.553 bits per heavy atom. The molecule has 2 aromatic rings. The monoisotopic (exact) mass is 1310 g/mol. The SMILES string of the molecule is Cc1nc2c(C(=O)N[C@@H]3C(=O)N[C@H](C(C)C)C(=O)N4CCC[C@H]4C(=O)N(C)CC(=O)N(C)[C@@H](C(C)C)C(=O)O[C@@H]3C)c3nc4c(C(=O)N[C@@H]5C(=O)N[C@H](C(C)C)C(=O)N6CCC[C@H]6C(=O)N(C)CC(=O)N(C)[C@@H](C(C)C)C(=O)O[C@@H]5C)c(N)c(=O)c(C)c-4oc3c(C)c2o1. The number of nitrogen functional groups attached to an aromatic ring is 1. The molecule has 30 heteroatoms. The maximum Gasteiger partial charge on any atom is 0.329 e. The second kappa shape index (κ2) is 27.8. The van der Waals surface area contributed by atoms with Crippen molar-refractivity contribution in [2.24, 2.45) is 23.7 Å². The smallest absolute Gasteiger partial charge is 0.329 e. The van der Waals surface area contributed by atoms with Crippen molar-refractivity contribution >= 4 is 98.9 Å². The van der Waals surface area contributed by atoms with E-state index in [0.29, 0.717) is 12.8 Å². The number of likely N-dealkylation sites (N-methyl/N-ethyl adjacent to an activating group) is 4. The fourth-order valence-corrected chi connectivity index (χ4v) is 13.0. The number of aromatic nitrogens is 2. The first-order valence-corrected chi connectivity index (χ1v) is 31.7. The molecule has 510 valence electrons. The summed E-state index contributed by atoms with van der Waals surface area (Å²) in [6, 6.07) is -11.0. The van der Waals surface area contributed by atoms with Crippen LogP contribution in [0.1, 0.15) is 133 Å². The molecule has 0 bridgehead atoms. The molecule has 6 N–H and O–H groups in total. The number of nitrogens with two attached hydrogens (primary N) is 1. The fourth-order valence-electron chi connectivity index (χ4n) is 13.0. The van der Waals surface area contributed by atoms with Crippen LogP contribution in [0.2, 0.25) is 0 Å². The van der Waals surface area contributed by atoms with Gasteiger partial charge in [-0.05, 0) is 77.0 Å². The molecular formula is C64H87N13O17. The predicted octanol–water partition coefficient (Wildman–Crippen LogP) is 1.18. The maximum atomic E-state index is 15.6. The second-order valence-corrected chi connectivity index (χ2v) is 26.5. The Bertz CT molecular complexity index is 3780. The van der Waals surface area contributed by atoms with Crippen LogP contribution >= 0.6 is 0 Å². The Hall–Kier alpha value is -9.25. The highest BCUT2D eigenvalue weighted by Crippen LogP contribution is 2.39. The number of cyclic esters (lactones) is 2. The van der Waals surface area contributed by atoms with Gasteiger partial charge in [-0.25, -0.2) is 19.6 Å². The fraction of sp³-hybridized carbons (Fsp3) is 0.609. The van der Waals surface area contributed by atoms with Crippen molar-refractivity contribution in [3.05, 3.63) is 38.4 Å². The number of anilines is 1. The van der Waals surface area contributed by atoms with Crippen molar-refractivity contribution in [2.75, 3.05) is 60.1 Å². The summed E-state index contributed by atoms with van der Waals surface area (Å²) in [7, 11) is 5.56. The first-order chi connectivity index (χ1) is 44.0. The number of ether oxygens (including phenoxy) is 2. The highest BCUT2D eigenvalue weighted by molar-refractivity contribution is 6.17. The molecule has 94 heavy (non-hydrogen) atoms. The van der Waals surface area contributed by atoms with Gasteiger partial charge in [-0.1, -0.05) is 55.4 Å². The molecule has 30 nitrogen and oxygen atoms in total. The number of hydrogen-bond donors (Lipinski definition) is 5. The summed E-state index contributed by atoms with van der Waals surface area (Å²) in [5, 5.41) is 10.7. The number of nitrogens with zero attached hydrogens (tertiary/aromatic N) is 8. The van der Waals surface area contributed by atoms with Gasteiger partial charge in [0.05, 0.1) is 29.9 Å². The molecule has 1 aliphatic carbocycles. The lowest BCUT2D eigenvalue weighted by Crippen LogP contribution is -2.61. The summed E-state index contributed by atoms with van der Waals surface area (Å²) in [4.78, 5) is 206. The molecule has 4 saturated heterocycles. The third-order valence-electron chi connectivity index (χ3n) is 18.3. The second-order valence-electron chi connectivity index (χ2n) is 26.5. The minimum Gasteiger partial charge on any atom is -0.458 e. The van der Waals surface area contributed by atoms with Gasteiger partial charge in [-0.3, -0.25) is 52.7 Å². The van der Waals surface area contributed by atoms with Gasteiger partial charge in [0.15, 0.2) is 22.8 Å². The summed E-state index contributed by atoms with van der Waals surface area (Å²) in [5.74, 6) is -12.8. The first-order valence-electron chi connectivity index (χ1n) is 31.7. The molecule has 0 spiro atoms. The molecule has 0 radical (unpaired) electrons. The molecular weight excluding hydrogens is 1220 g/mol. The largest absolute Gasteiger partial charge is 0.458 e. The molecule has 5 aliphatic heterocycles. The summed E-state index contributed by atoms with van der Waals surface area (Å²) in [6.45, 7) is 19.6. The van der Waals surface area contributed by atoms with Crippen LogP contribution in [0, 0.1) is 44.4 Å². The Labute approximate surface area is 543 Å². The Morgan fingerprint density at radius 2 is 0.957 bits per heavy atom. The first kappa shape index (κ1) is 70.6. The van der Waals surface area contributed by atoms with Gasteiger partial charge >= 0.3 is 11.9 Å². The Kier molecular flexibility index (Phi) is 20.8. The van der Waals surface area contributed by atoms with Crippen LogP contribution in [0.5, 0.6) is 0 Å². The number of aryl methyl sites for hydroxylation is 2. The van der Waals surface area contributed by atoms with Crippen LogP contribution in [0.15, 0.2) is 13.6 Å². The lowest BCUT2D eigenvalue weighted by atomic mass is 9.98. The number of benzene rings is 2. The topological polar surface area (TPSA) is 386 Å². The molecule has 4 fully saturated rings. The molecule has 0 unspecified atom stereocenters. The molecule has 1 aromatic heterocycles. The molecule has 8 rings (SSSR count). The molecule has 10 atom stereocenters. The molecule has 1 aromatic carbocycles. The lowest BCUT2D eigenvalue weighted by molar-refractivity contribution is -0.163. The normalized spacial score (nSPS) is 25.7. The maximum absolute atomic E-state index is 15.6. The van der Waals surface area contributed by atoms with E-state index in [1.54, 1.807) is 62.3 Å². The van der Waals surface area contributed by atoms with E-state index >= 15 is 14.4 Å². The van der Waals surface area contributed by atoms with Gasteiger partial charge in [-0.15, -0.1) is 0 Å². The van der Waals surface area contributed by atoms with Crippen molar-refractivity contribution in [1.82, 2.24) is 60.6 Å². The van der Waals surface area contributed by atoms with Gasteiger partial charge in [0.25, 0.3) is 11.8 Å². The van der Waals surface area contributed by atoms with Gasteiger partial charge in [-0.2, -0.15) is 0 Å². The van der Waals surface area contributed by atoms with Gasteiger partial charge in [0.1, 0.15) is 77.3 Å².